The van der Waals surface area contributed by atoms with E-state index >= 15 is 0 Å². The molecule has 8 heteroatoms. The Morgan fingerprint density at radius 1 is 1.04 bits per heavy atom. The van der Waals surface area contributed by atoms with Crippen LogP contribution < -0.4 is 10.0 Å². The van der Waals surface area contributed by atoms with Crippen LogP contribution in [0.5, 0.6) is 0 Å². The number of carbonyl (C=O) groups excluding carboxylic acids is 2. The third-order valence-electron chi connectivity index (χ3n) is 3.81. The smallest absolute Gasteiger partial charge is 0.338 e. The van der Waals surface area contributed by atoms with E-state index in [0.717, 1.165) is 11.1 Å². The normalized spacial score (nSPS) is 11.0. The molecule has 0 saturated carbocycles. The number of carbonyl (C=O) groups is 2. The summed E-state index contributed by atoms with van der Waals surface area (Å²) in [6.07, 6.45) is 0. The van der Waals surface area contributed by atoms with Gasteiger partial charge in [0.25, 0.3) is 5.91 Å². The molecule has 144 valence electrons. The zero-order valence-corrected chi connectivity index (χ0v) is 16.0. The van der Waals surface area contributed by atoms with Crippen LogP contribution >= 0.6 is 0 Å². The zero-order chi connectivity index (χ0) is 19.9. The van der Waals surface area contributed by atoms with Crippen LogP contribution in [0.15, 0.2) is 53.4 Å². The van der Waals surface area contributed by atoms with Crippen LogP contribution in [0, 0.1) is 6.92 Å². The Morgan fingerprint density at radius 3 is 2.33 bits per heavy atom. The summed E-state index contributed by atoms with van der Waals surface area (Å²) < 4.78 is 31.0. The van der Waals surface area contributed by atoms with Gasteiger partial charge in [0, 0.05) is 13.1 Å². The first-order valence-electron chi connectivity index (χ1n) is 8.41. The van der Waals surface area contributed by atoms with Gasteiger partial charge in [-0.05, 0) is 42.3 Å². The highest BCUT2D eigenvalue weighted by Crippen LogP contribution is 2.11. The maximum atomic E-state index is 12.0. The Bertz CT molecular complexity index is 908. The van der Waals surface area contributed by atoms with Crippen molar-refractivity contribution < 1.29 is 22.7 Å². The first kappa shape index (κ1) is 20.6. The monoisotopic (exact) mass is 390 g/mol. The lowest BCUT2D eigenvalue weighted by molar-refractivity contribution is -0.124. The Morgan fingerprint density at radius 2 is 1.70 bits per heavy atom. The highest BCUT2D eigenvalue weighted by Gasteiger charge is 2.15. The number of hydrogen-bond donors (Lipinski definition) is 2. The molecule has 1 amide bonds. The Kier molecular flexibility index (Phi) is 7.09. The third-order valence-corrected chi connectivity index (χ3v) is 5.37. The maximum absolute atomic E-state index is 12.0. The van der Waals surface area contributed by atoms with Gasteiger partial charge in [0.15, 0.2) is 6.61 Å². The minimum atomic E-state index is -3.58. The first-order valence-corrected chi connectivity index (χ1v) is 9.90. The molecule has 2 aromatic rings. The molecule has 0 spiro atoms. The largest absolute Gasteiger partial charge is 0.452 e. The topological polar surface area (TPSA) is 102 Å². The van der Waals surface area contributed by atoms with Gasteiger partial charge in [-0.25, -0.2) is 17.9 Å². The van der Waals surface area contributed by atoms with Gasteiger partial charge in [-0.1, -0.05) is 31.2 Å². The SMILES string of the molecule is CCNS(=O)(=O)c1ccc(C(=O)OCC(=O)NCc2ccccc2C)cc1. The second-order valence-electron chi connectivity index (χ2n) is 5.81. The average molecular weight is 390 g/mol. The molecule has 0 aliphatic heterocycles. The number of hydrogen-bond acceptors (Lipinski definition) is 5. The van der Waals surface area contributed by atoms with Crippen molar-refractivity contribution in [1.82, 2.24) is 10.0 Å². The molecule has 0 saturated heterocycles. The Labute approximate surface area is 158 Å². The summed E-state index contributed by atoms with van der Waals surface area (Å²) in [6.45, 7) is 3.82. The van der Waals surface area contributed by atoms with Crippen LogP contribution in [0.25, 0.3) is 0 Å². The van der Waals surface area contributed by atoms with Gasteiger partial charge in [0.05, 0.1) is 10.5 Å². The number of sulfonamides is 1. The summed E-state index contributed by atoms with van der Waals surface area (Å²) in [5.74, 6) is -1.12. The summed E-state index contributed by atoms with van der Waals surface area (Å²) >= 11 is 0. The molecule has 0 aliphatic carbocycles. The molecule has 0 aromatic heterocycles. The molecule has 0 heterocycles. The van der Waals surface area contributed by atoms with E-state index in [1.807, 2.05) is 31.2 Å². The summed E-state index contributed by atoms with van der Waals surface area (Å²) in [5.41, 5.74) is 2.20. The number of ether oxygens (including phenoxy) is 1. The van der Waals surface area contributed by atoms with Gasteiger partial charge >= 0.3 is 5.97 Å². The van der Waals surface area contributed by atoms with Crippen LogP contribution in [0.4, 0.5) is 0 Å². The van der Waals surface area contributed by atoms with Crippen molar-refractivity contribution in [1.29, 1.82) is 0 Å². The van der Waals surface area contributed by atoms with Crippen LogP contribution in [-0.2, 0) is 26.1 Å². The Hall–Kier alpha value is -2.71. The predicted molar refractivity (Wildman–Crippen MR) is 101 cm³/mol. The Balaban J connectivity index is 1.86. The molecule has 0 aliphatic rings. The number of rotatable bonds is 8. The quantitative estimate of drug-likeness (QED) is 0.669. The molecule has 0 fully saturated rings. The second-order valence-corrected chi connectivity index (χ2v) is 7.57. The summed E-state index contributed by atoms with van der Waals surface area (Å²) in [4.78, 5) is 23.9. The summed E-state index contributed by atoms with van der Waals surface area (Å²) in [5, 5.41) is 2.69. The molecule has 27 heavy (non-hydrogen) atoms. The van der Waals surface area contributed by atoms with E-state index in [1.165, 1.54) is 24.3 Å². The van der Waals surface area contributed by atoms with Crippen molar-refractivity contribution in [2.24, 2.45) is 0 Å². The van der Waals surface area contributed by atoms with Gasteiger partial charge < -0.3 is 10.1 Å². The van der Waals surface area contributed by atoms with E-state index in [1.54, 1.807) is 6.92 Å². The fraction of sp³-hybridized carbons (Fsp3) is 0.263. The van der Waals surface area contributed by atoms with Gasteiger partial charge in [-0.2, -0.15) is 0 Å². The van der Waals surface area contributed by atoms with E-state index < -0.39 is 28.5 Å². The number of benzene rings is 2. The lowest BCUT2D eigenvalue weighted by Crippen LogP contribution is -2.28. The van der Waals surface area contributed by atoms with Crippen molar-refractivity contribution in [2.45, 2.75) is 25.3 Å². The molecular weight excluding hydrogens is 368 g/mol. The van der Waals surface area contributed by atoms with Gasteiger partial charge in [-0.3, -0.25) is 4.79 Å². The van der Waals surface area contributed by atoms with Gasteiger partial charge in [0.2, 0.25) is 10.0 Å². The molecule has 0 radical (unpaired) electrons. The van der Waals surface area contributed by atoms with E-state index in [2.05, 4.69) is 10.0 Å². The maximum Gasteiger partial charge on any atom is 0.338 e. The molecule has 2 N–H and O–H groups in total. The van der Waals surface area contributed by atoms with Crippen molar-refractivity contribution in [2.75, 3.05) is 13.2 Å². The van der Waals surface area contributed by atoms with Crippen molar-refractivity contribution in [3.63, 3.8) is 0 Å². The molecule has 0 bridgehead atoms. The van der Waals surface area contributed by atoms with E-state index in [0.29, 0.717) is 6.54 Å². The fourth-order valence-corrected chi connectivity index (χ4v) is 3.35. The van der Waals surface area contributed by atoms with Crippen LogP contribution in [0.2, 0.25) is 0 Å². The highest BCUT2D eigenvalue weighted by atomic mass is 32.2. The first-order chi connectivity index (χ1) is 12.8. The minimum Gasteiger partial charge on any atom is -0.452 e. The number of amides is 1. The van der Waals surface area contributed by atoms with Crippen LogP contribution in [-0.4, -0.2) is 33.4 Å². The van der Waals surface area contributed by atoms with Gasteiger partial charge in [-0.15, -0.1) is 0 Å². The van der Waals surface area contributed by atoms with E-state index in [4.69, 9.17) is 4.74 Å². The second kappa shape index (κ2) is 9.29. The third kappa shape index (κ3) is 5.90. The molecule has 7 nitrogen and oxygen atoms in total. The molecular formula is C19H22N2O5S. The highest BCUT2D eigenvalue weighted by molar-refractivity contribution is 7.89. The van der Waals surface area contributed by atoms with Crippen LogP contribution in [0.1, 0.15) is 28.4 Å². The summed E-state index contributed by atoms with van der Waals surface area (Å²) in [7, 11) is -3.58. The molecule has 2 rings (SSSR count). The number of nitrogens with one attached hydrogen (secondary N) is 2. The van der Waals surface area contributed by atoms with Gasteiger partial charge in [0.1, 0.15) is 0 Å². The molecule has 0 atom stereocenters. The van der Waals surface area contributed by atoms with Crippen molar-refractivity contribution in [3.05, 3.63) is 65.2 Å². The van der Waals surface area contributed by atoms with Crippen LogP contribution in [0.3, 0.4) is 0 Å². The standard InChI is InChI=1S/C19H22N2O5S/c1-3-21-27(24,25)17-10-8-15(9-11-17)19(23)26-13-18(22)20-12-16-7-5-4-6-14(16)2/h4-11,21H,3,12-13H2,1-2H3,(H,20,22). The average Bonchev–Trinajstić information content (AvgIpc) is 2.65. The van der Waals surface area contributed by atoms with Crippen molar-refractivity contribution >= 4 is 21.9 Å². The minimum absolute atomic E-state index is 0.0527. The molecule has 2 aromatic carbocycles. The van der Waals surface area contributed by atoms with E-state index in [9.17, 15) is 18.0 Å². The lowest BCUT2D eigenvalue weighted by atomic mass is 10.1. The fourth-order valence-electron chi connectivity index (χ4n) is 2.31. The number of esters is 1. The lowest BCUT2D eigenvalue weighted by Gasteiger charge is -2.09. The molecule has 0 unspecified atom stereocenters. The zero-order valence-electron chi connectivity index (χ0n) is 15.2. The van der Waals surface area contributed by atoms with E-state index in [-0.39, 0.29) is 17.0 Å². The number of aryl methyl sites for hydroxylation is 1. The summed E-state index contributed by atoms with van der Waals surface area (Å²) in [6, 6.07) is 13.0. The van der Waals surface area contributed by atoms with Crippen molar-refractivity contribution in [3.8, 4) is 0 Å². The predicted octanol–water partition coefficient (Wildman–Crippen LogP) is 1.77.